The van der Waals surface area contributed by atoms with Gasteiger partial charge in [-0.1, -0.05) is 12.1 Å². The second kappa shape index (κ2) is 8.47. The number of nitrogens with zero attached hydrogens (tertiary/aromatic N) is 2. The van der Waals surface area contributed by atoms with Crippen molar-refractivity contribution >= 4 is 17.5 Å². The molecule has 0 unspecified atom stereocenters. The standard InChI is InChI=1S/C20H23N3O3/c1-2-26-18-9-5-4-8-17(18)22-19(24)15-12-16(14-21-13-15)20(25)23-10-6-3-7-11-23/h4-5,8-9,12-14H,2-3,6-7,10-11H2,1H3,(H,22,24). The van der Waals surface area contributed by atoms with Crippen LogP contribution in [0.25, 0.3) is 0 Å². The van der Waals surface area contributed by atoms with E-state index in [2.05, 4.69) is 10.3 Å². The highest BCUT2D eigenvalue weighted by Gasteiger charge is 2.20. The maximum absolute atomic E-state index is 12.6. The molecule has 0 saturated carbocycles. The van der Waals surface area contributed by atoms with Crippen LogP contribution in [0.4, 0.5) is 5.69 Å². The maximum Gasteiger partial charge on any atom is 0.257 e. The van der Waals surface area contributed by atoms with Crippen LogP contribution >= 0.6 is 0 Å². The molecule has 2 aromatic rings. The maximum atomic E-state index is 12.6. The second-order valence-electron chi connectivity index (χ2n) is 6.20. The number of carbonyl (C=O) groups excluding carboxylic acids is 2. The van der Waals surface area contributed by atoms with Crippen molar-refractivity contribution in [2.75, 3.05) is 25.0 Å². The number of nitrogens with one attached hydrogen (secondary N) is 1. The van der Waals surface area contributed by atoms with Crippen LogP contribution in [0.1, 0.15) is 46.9 Å². The van der Waals surface area contributed by atoms with Gasteiger partial charge in [0.15, 0.2) is 0 Å². The first-order valence-corrected chi connectivity index (χ1v) is 8.96. The van der Waals surface area contributed by atoms with Crippen LogP contribution in [0.5, 0.6) is 5.75 Å². The molecule has 1 aromatic carbocycles. The topological polar surface area (TPSA) is 71.5 Å². The molecule has 0 bridgehead atoms. The largest absolute Gasteiger partial charge is 0.492 e. The summed E-state index contributed by atoms with van der Waals surface area (Å²) in [6.45, 7) is 3.92. The molecule has 26 heavy (non-hydrogen) atoms. The second-order valence-corrected chi connectivity index (χ2v) is 6.20. The number of ether oxygens (including phenoxy) is 1. The molecular weight excluding hydrogens is 330 g/mol. The number of hydrogen-bond donors (Lipinski definition) is 1. The summed E-state index contributed by atoms with van der Waals surface area (Å²) in [5.74, 6) is 0.219. The number of amides is 2. The summed E-state index contributed by atoms with van der Waals surface area (Å²) in [6, 6.07) is 8.85. The Kier molecular flexibility index (Phi) is 5.84. The molecule has 1 aromatic heterocycles. The predicted octanol–water partition coefficient (Wildman–Crippen LogP) is 3.36. The quantitative estimate of drug-likeness (QED) is 0.895. The van der Waals surface area contributed by atoms with Crippen LogP contribution in [-0.4, -0.2) is 41.4 Å². The summed E-state index contributed by atoms with van der Waals surface area (Å²) in [5, 5.41) is 2.83. The molecule has 2 heterocycles. The Bertz CT molecular complexity index is 785. The summed E-state index contributed by atoms with van der Waals surface area (Å²) in [4.78, 5) is 31.1. The van der Waals surface area contributed by atoms with Crippen molar-refractivity contribution in [2.24, 2.45) is 0 Å². The monoisotopic (exact) mass is 353 g/mol. The molecule has 0 spiro atoms. The number of likely N-dealkylation sites (tertiary alicyclic amines) is 1. The van der Waals surface area contributed by atoms with Gasteiger partial charge in [-0.25, -0.2) is 0 Å². The van der Waals surface area contributed by atoms with Gasteiger partial charge < -0.3 is 15.0 Å². The average molecular weight is 353 g/mol. The highest BCUT2D eigenvalue weighted by atomic mass is 16.5. The van der Waals surface area contributed by atoms with Crippen LogP contribution < -0.4 is 10.1 Å². The van der Waals surface area contributed by atoms with E-state index in [0.29, 0.717) is 29.2 Å². The van der Waals surface area contributed by atoms with Gasteiger partial charge in [-0.05, 0) is 44.4 Å². The van der Waals surface area contributed by atoms with Crippen LogP contribution in [0.15, 0.2) is 42.7 Å². The number of hydrogen-bond acceptors (Lipinski definition) is 4. The molecule has 2 amide bonds. The lowest BCUT2D eigenvalue weighted by atomic mass is 10.1. The minimum atomic E-state index is -0.321. The zero-order chi connectivity index (χ0) is 18.4. The van der Waals surface area contributed by atoms with Gasteiger partial charge in [-0.3, -0.25) is 14.6 Å². The van der Waals surface area contributed by atoms with E-state index >= 15 is 0 Å². The third-order valence-electron chi connectivity index (χ3n) is 4.33. The molecule has 1 fully saturated rings. The molecule has 1 aliphatic rings. The van der Waals surface area contributed by atoms with Gasteiger partial charge in [0.25, 0.3) is 11.8 Å². The fraction of sp³-hybridized carbons (Fsp3) is 0.350. The summed E-state index contributed by atoms with van der Waals surface area (Å²) in [5.41, 5.74) is 1.38. The van der Waals surface area contributed by atoms with Gasteiger partial charge in [-0.2, -0.15) is 0 Å². The average Bonchev–Trinajstić information content (AvgIpc) is 2.70. The Hall–Kier alpha value is -2.89. The van der Waals surface area contributed by atoms with E-state index in [-0.39, 0.29) is 11.8 Å². The van der Waals surface area contributed by atoms with E-state index in [4.69, 9.17) is 4.74 Å². The summed E-state index contributed by atoms with van der Waals surface area (Å²) in [7, 11) is 0. The molecule has 1 aliphatic heterocycles. The SMILES string of the molecule is CCOc1ccccc1NC(=O)c1cncc(C(=O)N2CCCCC2)c1. The van der Waals surface area contributed by atoms with Crippen LogP contribution in [0, 0.1) is 0 Å². The molecule has 0 aliphatic carbocycles. The molecule has 0 radical (unpaired) electrons. The molecule has 136 valence electrons. The van der Waals surface area contributed by atoms with E-state index in [9.17, 15) is 9.59 Å². The van der Waals surface area contributed by atoms with Crippen molar-refractivity contribution in [3.05, 3.63) is 53.9 Å². The fourth-order valence-electron chi connectivity index (χ4n) is 3.01. The van der Waals surface area contributed by atoms with Crippen molar-refractivity contribution in [2.45, 2.75) is 26.2 Å². The summed E-state index contributed by atoms with van der Waals surface area (Å²) < 4.78 is 5.52. The minimum absolute atomic E-state index is 0.0680. The predicted molar refractivity (Wildman–Crippen MR) is 99.6 cm³/mol. The lowest BCUT2D eigenvalue weighted by molar-refractivity contribution is 0.0724. The lowest BCUT2D eigenvalue weighted by Gasteiger charge is -2.26. The van der Waals surface area contributed by atoms with E-state index in [0.717, 1.165) is 32.4 Å². The molecule has 3 rings (SSSR count). The van der Waals surface area contributed by atoms with Crippen molar-refractivity contribution in [1.29, 1.82) is 0 Å². The zero-order valence-electron chi connectivity index (χ0n) is 14.9. The summed E-state index contributed by atoms with van der Waals surface area (Å²) >= 11 is 0. The number of anilines is 1. The van der Waals surface area contributed by atoms with E-state index in [1.54, 1.807) is 18.2 Å². The van der Waals surface area contributed by atoms with Crippen molar-refractivity contribution < 1.29 is 14.3 Å². The van der Waals surface area contributed by atoms with Crippen LogP contribution in [-0.2, 0) is 0 Å². The number of piperidine rings is 1. The van der Waals surface area contributed by atoms with Gasteiger partial charge in [0.1, 0.15) is 5.75 Å². The molecular formula is C20H23N3O3. The van der Waals surface area contributed by atoms with Crippen molar-refractivity contribution in [1.82, 2.24) is 9.88 Å². The minimum Gasteiger partial charge on any atom is -0.492 e. The number of para-hydroxylation sites is 2. The first kappa shape index (κ1) is 17.9. The van der Waals surface area contributed by atoms with Gasteiger partial charge in [0.2, 0.25) is 0 Å². The third-order valence-corrected chi connectivity index (χ3v) is 4.33. The Morgan fingerprint density at radius 1 is 1.12 bits per heavy atom. The lowest BCUT2D eigenvalue weighted by Crippen LogP contribution is -2.35. The molecule has 1 saturated heterocycles. The molecule has 0 atom stereocenters. The zero-order valence-corrected chi connectivity index (χ0v) is 14.9. The number of aromatic nitrogens is 1. The molecule has 6 nitrogen and oxygen atoms in total. The van der Waals surface area contributed by atoms with E-state index < -0.39 is 0 Å². The van der Waals surface area contributed by atoms with Gasteiger partial charge >= 0.3 is 0 Å². The van der Waals surface area contributed by atoms with Crippen molar-refractivity contribution in [3.63, 3.8) is 0 Å². The number of pyridine rings is 1. The molecule has 6 heteroatoms. The number of carbonyl (C=O) groups is 2. The Morgan fingerprint density at radius 2 is 1.85 bits per heavy atom. The van der Waals surface area contributed by atoms with Gasteiger partial charge in [0.05, 0.1) is 23.4 Å². The van der Waals surface area contributed by atoms with Crippen LogP contribution in [0.3, 0.4) is 0 Å². The Balaban J connectivity index is 1.75. The summed E-state index contributed by atoms with van der Waals surface area (Å²) in [6.07, 6.45) is 6.18. The Labute approximate surface area is 153 Å². The first-order valence-electron chi connectivity index (χ1n) is 8.96. The van der Waals surface area contributed by atoms with Gasteiger partial charge in [0, 0.05) is 25.5 Å². The van der Waals surface area contributed by atoms with Gasteiger partial charge in [-0.15, -0.1) is 0 Å². The van der Waals surface area contributed by atoms with Crippen molar-refractivity contribution in [3.8, 4) is 5.75 Å². The highest BCUT2D eigenvalue weighted by molar-refractivity contribution is 6.06. The smallest absolute Gasteiger partial charge is 0.257 e. The first-order chi connectivity index (χ1) is 12.7. The number of benzene rings is 1. The third kappa shape index (κ3) is 4.20. The number of rotatable bonds is 5. The normalized spacial score (nSPS) is 14.0. The molecule has 1 N–H and O–H groups in total. The van der Waals surface area contributed by atoms with E-state index in [1.807, 2.05) is 24.0 Å². The Morgan fingerprint density at radius 3 is 2.62 bits per heavy atom. The van der Waals surface area contributed by atoms with Crippen LogP contribution in [0.2, 0.25) is 0 Å². The van der Waals surface area contributed by atoms with E-state index in [1.165, 1.54) is 12.4 Å². The highest BCUT2D eigenvalue weighted by Crippen LogP contribution is 2.24. The fourth-order valence-corrected chi connectivity index (χ4v) is 3.01.